The van der Waals surface area contributed by atoms with Crippen LogP contribution in [0.3, 0.4) is 0 Å². The molecular formula is H13ClCoN6O4-6. The number of halogens is 1. The molecule has 0 aliphatic carbocycles. The Labute approximate surface area is 83.1 Å². The van der Waals surface area contributed by atoms with Crippen LogP contribution in [0.1, 0.15) is 0 Å². The van der Waals surface area contributed by atoms with E-state index in [4.69, 9.17) is 18.6 Å². The van der Waals surface area contributed by atoms with Gasteiger partial charge in [-0.3, -0.25) is 0 Å². The third-order valence-corrected chi connectivity index (χ3v) is 0. The van der Waals surface area contributed by atoms with Crippen LogP contribution in [0.2, 0.25) is 0 Å². The molecular weight excluding hydrogens is 242 g/mol. The molecule has 1 radical (unpaired) electrons. The zero-order chi connectivity index (χ0) is 4.50. The van der Waals surface area contributed by atoms with Crippen LogP contribution in [0.25, 0.3) is 36.9 Å². The van der Waals surface area contributed by atoms with Crippen LogP contribution in [0.4, 0.5) is 0 Å². The van der Waals surface area contributed by atoms with Gasteiger partial charge in [0.1, 0.15) is 0 Å². The van der Waals surface area contributed by atoms with Crippen molar-refractivity contribution in [3.63, 3.8) is 0 Å². The number of nitrogens with two attached hydrogens (primary N) is 6. The Bertz CT molecular complexity index is 35.0. The molecule has 0 fully saturated rings. The van der Waals surface area contributed by atoms with Crippen molar-refractivity contribution in [2.75, 3.05) is 0 Å². The molecule has 0 aromatic carbocycles. The summed E-state index contributed by atoms with van der Waals surface area (Å²) in [4.78, 5) is 0. The molecule has 0 rings (SSSR count). The molecule has 0 heterocycles. The fourth-order valence-electron chi connectivity index (χ4n) is 0. The Morgan fingerprint density at radius 2 is 0.667 bits per heavy atom. The molecule has 0 saturated heterocycles. The predicted molar refractivity (Wildman–Crippen MR) is 33.9 cm³/mol. The zero-order valence-electron chi connectivity index (χ0n) is 5.85. The molecule has 0 amide bonds. The fraction of sp³-hybridized carbons (Fsp3) is 0. The quantitative estimate of drug-likeness (QED) is 0.632. The minimum atomic E-state index is -4.69. The van der Waals surface area contributed by atoms with Gasteiger partial charge in [0.05, 0.1) is 14.9 Å². The summed E-state index contributed by atoms with van der Waals surface area (Å²) in [5.74, 6) is 0. The molecule has 89 valence electrons. The predicted octanol–water partition coefficient (Wildman–Crippen LogP) is 0.176. The van der Waals surface area contributed by atoms with E-state index in [0.717, 1.165) is 0 Å². The van der Waals surface area contributed by atoms with Crippen molar-refractivity contribution in [3.8, 4) is 0 Å². The normalized spacial score (nSPS) is 5.00. The summed E-state index contributed by atoms with van der Waals surface area (Å²) in [7, 11) is -4.69. The second-order valence-electron chi connectivity index (χ2n) is 0.396. The third kappa shape index (κ3) is 5840. The molecule has 13 N–H and O–H groups in total. The molecule has 0 aromatic heterocycles. The maximum Gasteiger partial charge on any atom is 0.0777 e. The van der Waals surface area contributed by atoms with Gasteiger partial charge in [0.15, 0.2) is 0 Å². The van der Waals surface area contributed by atoms with Crippen molar-refractivity contribution in [2.45, 2.75) is 0 Å². The molecule has 0 saturated carbocycles. The van der Waals surface area contributed by atoms with Crippen LogP contribution in [-0.4, -0.2) is 4.66 Å². The summed E-state index contributed by atoms with van der Waals surface area (Å²) < 4.78 is 32.7. The van der Waals surface area contributed by atoms with Gasteiger partial charge in [-0.05, 0) is 0 Å². The standard InChI is InChI=1S/ClHO4.Co.6H2N/c2-1(3,4)5;;;;;;;/h(H,2,3,4,5);;6*1H2/q;;6*-1. The van der Waals surface area contributed by atoms with Crippen LogP contribution in [0, 0.1) is 10.2 Å². The summed E-state index contributed by atoms with van der Waals surface area (Å²) in [5.41, 5.74) is 0. The maximum absolute atomic E-state index is 8.60. The first-order valence-corrected chi connectivity index (χ1v) is 1.90. The van der Waals surface area contributed by atoms with Crippen LogP contribution in [0.5, 0.6) is 0 Å². The first kappa shape index (κ1) is 83.3. The van der Waals surface area contributed by atoms with E-state index in [1.165, 1.54) is 0 Å². The molecule has 0 bridgehead atoms. The van der Waals surface area contributed by atoms with E-state index < -0.39 is 10.2 Å². The summed E-state index contributed by atoms with van der Waals surface area (Å²) in [6.07, 6.45) is 0. The Morgan fingerprint density at radius 1 is 0.667 bits per heavy atom. The van der Waals surface area contributed by atoms with E-state index in [-0.39, 0.29) is 53.7 Å². The van der Waals surface area contributed by atoms with Crippen molar-refractivity contribution in [1.29, 1.82) is 0 Å². The number of hydrogen-bond acceptors (Lipinski definition) is 4. The summed E-state index contributed by atoms with van der Waals surface area (Å²) in [5, 5.41) is 0. The zero-order valence-corrected chi connectivity index (χ0v) is 7.64. The van der Waals surface area contributed by atoms with E-state index in [1.54, 1.807) is 0 Å². The topological polar surface area (TPSA) is 290 Å². The first-order chi connectivity index (χ1) is 2.00. The molecule has 0 atom stereocenters. The minimum absolute atomic E-state index is 0. The Kier molecular flexibility index (Phi) is 209. The number of hydrogen-bond donors (Lipinski definition) is 1. The van der Waals surface area contributed by atoms with Gasteiger partial charge in [-0.1, -0.05) is 0 Å². The molecule has 0 spiro atoms. The second-order valence-corrected chi connectivity index (χ2v) is 1.19. The second kappa shape index (κ2) is 30.1. The van der Waals surface area contributed by atoms with Gasteiger partial charge in [-0.25, -0.2) is 0 Å². The Balaban J connectivity index is -0.00000000381. The smallest absolute Gasteiger partial charge is 0.0777 e. The molecule has 10 nitrogen and oxygen atoms in total. The van der Waals surface area contributed by atoms with Crippen molar-refractivity contribution in [3.05, 3.63) is 36.9 Å². The average Bonchev–Trinajstić information content (AvgIpc) is 0.722. The van der Waals surface area contributed by atoms with Crippen LogP contribution < -0.4 is 14.0 Å². The van der Waals surface area contributed by atoms with E-state index in [1.807, 2.05) is 0 Å². The van der Waals surface area contributed by atoms with E-state index in [2.05, 4.69) is 0 Å². The van der Waals surface area contributed by atoms with Gasteiger partial charge in [0.25, 0.3) is 0 Å². The molecule has 0 aliphatic rings. The van der Waals surface area contributed by atoms with Gasteiger partial charge >= 0.3 is 0 Å². The van der Waals surface area contributed by atoms with Gasteiger partial charge in [0.2, 0.25) is 0 Å². The molecule has 0 unspecified atom stereocenters. The van der Waals surface area contributed by atoms with E-state index in [0.29, 0.717) is 0 Å². The van der Waals surface area contributed by atoms with Crippen molar-refractivity contribution in [1.82, 2.24) is 0 Å². The van der Waals surface area contributed by atoms with E-state index >= 15 is 0 Å². The van der Waals surface area contributed by atoms with Gasteiger partial charge < -0.3 is 36.9 Å². The average molecular weight is 256 g/mol. The van der Waals surface area contributed by atoms with E-state index in [9.17, 15) is 0 Å². The minimum Gasteiger partial charge on any atom is -0.693 e. The van der Waals surface area contributed by atoms with Gasteiger partial charge in [0, 0.05) is 16.8 Å². The molecule has 0 aliphatic heterocycles. The first-order valence-electron chi connectivity index (χ1n) is 0.632. The molecule has 12 heavy (non-hydrogen) atoms. The third-order valence-electron chi connectivity index (χ3n) is 0. The molecule has 0 aromatic rings. The largest absolute Gasteiger partial charge is 0.693 e. The maximum atomic E-state index is 8.60. The SMILES string of the molecule is [Co].[NH2-].[NH2-].[NH2-].[NH2-].[NH2-].[NH2-].[O-][Cl+3]([O-])([O-])O. The monoisotopic (exact) mass is 255 g/mol. The van der Waals surface area contributed by atoms with Crippen LogP contribution in [0.15, 0.2) is 0 Å². The van der Waals surface area contributed by atoms with Crippen molar-refractivity contribution >= 4 is 0 Å². The van der Waals surface area contributed by atoms with Gasteiger partial charge in [-0.15, -0.1) is 0 Å². The fourth-order valence-corrected chi connectivity index (χ4v) is 0. The number of rotatable bonds is 0. The summed E-state index contributed by atoms with van der Waals surface area (Å²) in [6.45, 7) is 0. The Hall–Kier alpha value is 0.396. The van der Waals surface area contributed by atoms with Gasteiger partial charge in [-0.2, -0.15) is 14.0 Å². The molecule has 12 heteroatoms. The summed E-state index contributed by atoms with van der Waals surface area (Å²) >= 11 is 0. The van der Waals surface area contributed by atoms with Crippen molar-refractivity contribution < 1.29 is 45.7 Å². The summed E-state index contributed by atoms with van der Waals surface area (Å²) in [6, 6.07) is 0. The van der Waals surface area contributed by atoms with Crippen LogP contribution in [-0.2, 0) is 16.8 Å². The van der Waals surface area contributed by atoms with Crippen LogP contribution >= 0.6 is 0 Å². The Morgan fingerprint density at radius 3 is 0.667 bits per heavy atom. The van der Waals surface area contributed by atoms with Crippen molar-refractivity contribution in [2.24, 2.45) is 0 Å².